The highest BCUT2D eigenvalue weighted by Crippen LogP contribution is 2.36. The zero-order valence-corrected chi connectivity index (χ0v) is 41.2. The molecule has 1 unspecified atom stereocenters. The number of anilines is 1. The fourth-order valence-corrected chi connectivity index (χ4v) is 10.4. The Balaban J connectivity index is 1.40. The number of nitrogens with two attached hydrogens (primary N) is 1. The van der Waals surface area contributed by atoms with Crippen LogP contribution in [-0.4, -0.2) is 152 Å². The summed E-state index contributed by atoms with van der Waals surface area (Å²) in [6.45, 7) is 9.09. The molecule has 3 heterocycles. The molecule has 0 spiro atoms. The molecule has 18 nitrogen and oxygen atoms in total. The number of nitrogens with zero attached hydrogens (tertiary/aromatic N) is 2. The molecule has 0 aromatic heterocycles. The number of thioether (sulfide) groups is 1. The number of alkyl halides is 1. The van der Waals surface area contributed by atoms with Crippen molar-refractivity contribution in [3.63, 3.8) is 0 Å². The third-order valence-corrected chi connectivity index (χ3v) is 14.2. The summed E-state index contributed by atoms with van der Waals surface area (Å²) in [5.41, 5.74) is 5.83. The first kappa shape index (κ1) is 55.5. The van der Waals surface area contributed by atoms with Gasteiger partial charge in [0.2, 0.25) is 11.8 Å². The predicted molar refractivity (Wildman–Crippen MR) is 255 cm³/mol. The number of carbonyl (C=O) groups is 7. The van der Waals surface area contributed by atoms with Crippen LogP contribution in [0.3, 0.4) is 0 Å². The second kappa shape index (κ2) is 26.0. The molecule has 1 aromatic rings. The van der Waals surface area contributed by atoms with E-state index in [0.29, 0.717) is 48.8 Å². The number of amides is 7. The van der Waals surface area contributed by atoms with Gasteiger partial charge in [0, 0.05) is 67.6 Å². The van der Waals surface area contributed by atoms with Crippen LogP contribution >= 0.6 is 23.4 Å². The smallest absolute Gasteiger partial charge is 0.312 e. The lowest BCUT2D eigenvalue weighted by atomic mass is 9.89. The number of halogens is 1. The third-order valence-electron chi connectivity index (χ3n) is 13.1. The Morgan fingerprint density at radius 3 is 2.22 bits per heavy atom. The number of aliphatic hydroxyl groups excluding tert-OH is 3. The number of ketones is 1. The first-order chi connectivity index (χ1) is 31.7. The zero-order chi connectivity index (χ0) is 49.6. The molecule has 0 radical (unpaired) electrons. The van der Waals surface area contributed by atoms with Gasteiger partial charge in [-0.2, -0.15) is 0 Å². The number of primary amides is 1. The van der Waals surface area contributed by atoms with Crippen molar-refractivity contribution in [1.82, 2.24) is 20.9 Å². The van der Waals surface area contributed by atoms with Gasteiger partial charge >= 0.3 is 6.03 Å². The van der Waals surface area contributed by atoms with Crippen LogP contribution in [0.25, 0.3) is 0 Å². The lowest BCUT2D eigenvalue weighted by Crippen LogP contribution is -2.66. The first-order valence-corrected chi connectivity index (χ1v) is 25.2. The van der Waals surface area contributed by atoms with Crippen molar-refractivity contribution in [2.24, 2.45) is 23.5 Å². The quantitative estimate of drug-likeness (QED) is 0.0289. The van der Waals surface area contributed by atoms with Gasteiger partial charge in [-0.25, -0.2) is 4.79 Å². The molecule has 67 heavy (non-hydrogen) atoms. The molecule has 3 aliphatic rings. The Morgan fingerprint density at radius 2 is 1.63 bits per heavy atom. The minimum Gasteiger partial charge on any atom is -0.388 e. The maximum atomic E-state index is 14.3. The Labute approximate surface area is 403 Å². The fourth-order valence-electron chi connectivity index (χ4n) is 9.49. The van der Waals surface area contributed by atoms with E-state index in [1.165, 1.54) is 23.9 Å². The summed E-state index contributed by atoms with van der Waals surface area (Å²) in [6, 6.07) is 4.41. The summed E-state index contributed by atoms with van der Waals surface area (Å²) in [6.07, 6.45) is 3.55. The second-order valence-electron chi connectivity index (χ2n) is 18.9. The number of likely N-dealkylation sites (tertiary alicyclic amines) is 1. The van der Waals surface area contributed by atoms with Gasteiger partial charge in [-0.15, -0.1) is 23.4 Å². The Morgan fingerprint density at radius 1 is 0.955 bits per heavy atom. The predicted octanol–water partition coefficient (Wildman–Crippen LogP) is 2.69. The SMILES string of the molecule is CCC[C@@H]1C[C@@H](C(=O)N[C@@H]([C@H]2O[C@H](SC)[C@H](O)[C@@H](O)[C@H]2O)[C@H](C)Cl)[N+](C)(Cc2ccc(NC(=O)[C@H](CCCNC(N)=O)CC(=O)[C@@H](NC(=O)CCCCCN3C(=O)C=CC3=O)C(C)C)cc2)C1. The van der Waals surface area contributed by atoms with Crippen molar-refractivity contribution >= 4 is 70.4 Å². The van der Waals surface area contributed by atoms with E-state index >= 15 is 0 Å². The number of hydrogen-bond acceptors (Lipinski definition) is 12. The van der Waals surface area contributed by atoms with E-state index in [9.17, 15) is 48.9 Å². The first-order valence-electron chi connectivity index (χ1n) is 23.5. The van der Waals surface area contributed by atoms with Crippen LogP contribution < -0.4 is 27.0 Å². The molecule has 1 aromatic carbocycles. The molecule has 374 valence electrons. The van der Waals surface area contributed by atoms with Crippen molar-refractivity contribution in [2.45, 2.75) is 152 Å². The fraction of sp³-hybridized carbons (Fsp3) is 0.681. The lowest BCUT2D eigenvalue weighted by molar-refractivity contribution is -0.926. The summed E-state index contributed by atoms with van der Waals surface area (Å²) in [5, 5.41) is 42.7. The molecule has 4 rings (SSSR count). The summed E-state index contributed by atoms with van der Waals surface area (Å²) < 4.78 is 6.38. The lowest BCUT2D eigenvalue weighted by Gasteiger charge is -2.44. The largest absolute Gasteiger partial charge is 0.388 e. The number of carbonyl (C=O) groups excluding carboxylic acids is 7. The van der Waals surface area contributed by atoms with Crippen molar-refractivity contribution < 1.29 is 58.1 Å². The molecule has 2 fully saturated rings. The van der Waals surface area contributed by atoms with Crippen LogP contribution in [0.1, 0.15) is 97.5 Å². The van der Waals surface area contributed by atoms with Gasteiger partial charge in [-0.3, -0.25) is 33.7 Å². The number of aliphatic hydroxyl groups is 3. The number of ether oxygens (including phenoxy) is 1. The van der Waals surface area contributed by atoms with E-state index in [4.69, 9.17) is 22.1 Å². The van der Waals surface area contributed by atoms with Gasteiger partial charge in [0.05, 0.1) is 31.1 Å². The summed E-state index contributed by atoms with van der Waals surface area (Å²) >= 11 is 7.80. The number of unbranched alkanes of at least 4 members (excludes halogenated alkanes) is 2. The zero-order valence-electron chi connectivity index (χ0n) is 39.7. The highest BCUT2D eigenvalue weighted by Gasteiger charge is 2.51. The molecule has 12 atom stereocenters. The van der Waals surface area contributed by atoms with Gasteiger partial charge in [0.25, 0.3) is 17.7 Å². The molecular formula is C47H73ClN7O11S+. The van der Waals surface area contributed by atoms with Gasteiger partial charge < -0.3 is 51.5 Å². The van der Waals surface area contributed by atoms with Crippen molar-refractivity contribution in [3.05, 3.63) is 42.0 Å². The van der Waals surface area contributed by atoms with E-state index in [1.54, 1.807) is 25.3 Å². The van der Waals surface area contributed by atoms with Crippen LogP contribution in [0.4, 0.5) is 10.5 Å². The molecule has 20 heteroatoms. The van der Waals surface area contributed by atoms with E-state index in [-0.39, 0.29) is 73.6 Å². The van der Waals surface area contributed by atoms with Gasteiger partial charge in [-0.1, -0.05) is 45.7 Å². The molecule has 0 aliphatic carbocycles. The Kier molecular flexibility index (Phi) is 21.6. The third kappa shape index (κ3) is 15.7. The monoisotopic (exact) mass is 978 g/mol. The number of rotatable bonds is 26. The highest BCUT2D eigenvalue weighted by molar-refractivity contribution is 7.99. The molecule has 2 saturated heterocycles. The number of hydrogen-bond donors (Lipinski definition) is 8. The van der Waals surface area contributed by atoms with E-state index < -0.39 is 71.2 Å². The number of benzene rings is 1. The number of nitrogens with one attached hydrogen (secondary N) is 4. The summed E-state index contributed by atoms with van der Waals surface area (Å²) in [5.74, 6) is -2.79. The number of likely N-dealkylation sites (N-methyl/N-ethyl adjacent to an activating group) is 1. The van der Waals surface area contributed by atoms with Crippen LogP contribution in [-0.2, 0) is 40.0 Å². The van der Waals surface area contributed by atoms with Gasteiger partial charge in [-0.05, 0) is 63.3 Å². The highest BCUT2D eigenvalue weighted by atomic mass is 35.5. The summed E-state index contributed by atoms with van der Waals surface area (Å²) in [4.78, 5) is 91.0. The molecule has 9 N–H and O–H groups in total. The van der Waals surface area contributed by atoms with E-state index in [1.807, 2.05) is 33.0 Å². The topological polar surface area (TPSA) is 267 Å². The average Bonchev–Trinajstić information content (AvgIpc) is 3.77. The maximum absolute atomic E-state index is 14.3. The van der Waals surface area contributed by atoms with Crippen LogP contribution in [0.15, 0.2) is 36.4 Å². The average molecular weight is 980 g/mol. The Hall–Kier alpha value is -4.11. The van der Waals surface area contributed by atoms with Crippen LogP contribution in [0.2, 0.25) is 0 Å². The molecule has 0 saturated carbocycles. The van der Waals surface area contributed by atoms with Crippen LogP contribution in [0, 0.1) is 17.8 Å². The van der Waals surface area contributed by atoms with Gasteiger partial charge in [0.15, 0.2) is 11.8 Å². The minimum absolute atomic E-state index is 0.145. The number of Topliss-reactive ketones (excluding diaryl/α,β-unsaturated/α-hetero) is 1. The maximum Gasteiger partial charge on any atom is 0.312 e. The van der Waals surface area contributed by atoms with E-state index in [0.717, 1.165) is 29.8 Å². The van der Waals surface area contributed by atoms with E-state index in [2.05, 4.69) is 28.2 Å². The van der Waals surface area contributed by atoms with Crippen LogP contribution in [0.5, 0.6) is 0 Å². The summed E-state index contributed by atoms with van der Waals surface area (Å²) in [7, 11) is 2.04. The second-order valence-corrected chi connectivity index (χ2v) is 20.5. The van der Waals surface area contributed by atoms with Crippen molar-refractivity contribution in [3.8, 4) is 0 Å². The van der Waals surface area contributed by atoms with Crippen molar-refractivity contribution in [1.29, 1.82) is 0 Å². The van der Waals surface area contributed by atoms with Gasteiger partial charge in [0.1, 0.15) is 36.4 Å². The molecule has 0 bridgehead atoms. The minimum atomic E-state index is -1.49. The van der Waals surface area contributed by atoms with Crippen molar-refractivity contribution in [2.75, 3.05) is 38.3 Å². The number of quaternary nitrogens is 1. The number of urea groups is 1. The molecule has 3 aliphatic heterocycles. The normalized spacial score (nSPS) is 26.8. The standard InChI is InChI=1S/C47H72ClN7O11S/c1-7-12-30-23-33(45(64)53-39(28(4)48)43-41(61)40(60)42(62)46(66-43)67-6)55(5,26-30)25-29-15-17-32(18-16-29)51-44(63)31(13-11-21-50-47(49)65)24-34(56)38(27(2)3)52-35(57)14-9-8-10-22-54-36(58)19-20-37(54)59/h15-20,27-28,30-31,33,38-43,46,60-62H,7-14,21-26H2,1-6H3,(H5-,49,50,51,52,53,57,63,64,65)/p+1/t28-,30+,31+,33-,38-,39+,40-,41+,42+,43+,46+,55?/m0/s1. The number of imide groups is 1. The Bertz CT molecular complexity index is 1890. The molecule has 7 amide bonds. The molecular weight excluding hydrogens is 906 g/mol.